The second-order valence-corrected chi connectivity index (χ2v) is 6.95. The first-order valence-electron chi connectivity index (χ1n) is 8.31. The quantitative estimate of drug-likeness (QED) is 0.920. The maximum Gasteiger partial charge on any atom is 0.227 e. The van der Waals surface area contributed by atoms with E-state index in [9.17, 15) is 4.79 Å². The van der Waals surface area contributed by atoms with Crippen LogP contribution in [0.15, 0.2) is 10.7 Å². The Morgan fingerprint density at radius 1 is 1.43 bits per heavy atom. The van der Waals surface area contributed by atoms with Crippen molar-refractivity contribution in [3.63, 3.8) is 0 Å². The van der Waals surface area contributed by atoms with Gasteiger partial charge in [0.25, 0.3) is 0 Å². The number of hydrogen-bond donors (Lipinski definition) is 1. The molecule has 2 aliphatic rings. The van der Waals surface area contributed by atoms with Crippen LogP contribution in [-0.4, -0.2) is 39.3 Å². The van der Waals surface area contributed by atoms with Crippen molar-refractivity contribution in [1.29, 1.82) is 0 Å². The lowest BCUT2D eigenvalue weighted by Crippen LogP contribution is -2.48. The molecule has 1 amide bonds. The van der Waals surface area contributed by atoms with E-state index in [1.54, 1.807) is 0 Å². The van der Waals surface area contributed by atoms with Gasteiger partial charge in [0.15, 0.2) is 0 Å². The molecule has 6 nitrogen and oxygen atoms in total. The normalized spacial score (nSPS) is 23.5. The van der Waals surface area contributed by atoms with Gasteiger partial charge in [-0.2, -0.15) is 5.10 Å². The standard InChI is InChI=1S/C17H22N4O2/c1-11-14(12(2)23-20-11)8-15(22)21-7-3-5-17(10-21)6-4-13-9-18-19-16(13)17/h9H,3-8,10H2,1-2H3,(H,18,19). The molecule has 0 bridgehead atoms. The van der Waals surface area contributed by atoms with Crippen LogP contribution in [0.4, 0.5) is 0 Å². The number of amides is 1. The molecule has 1 saturated heterocycles. The Hall–Kier alpha value is -2.11. The van der Waals surface area contributed by atoms with Gasteiger partial charge in [-0.15, -0.1) is 0 Å². The monoisotopic (exact) mass is 314 g/mol. The average molecular weight is 314 g/mol. The molecule has 6 heteroatoms. The predicted molar refractivity (Wildman–Crippen MR) is 84.1 cm³/mol. The fourth-order valence-electron chi connectivity index (χ4n) is 4.23. The van der Waals surface area contributed by atoms with Crippen LogP contribution in [0.1, 0.15) is 47.5 Å². The van der Waals surface area contributed by atoms with Gasteiger partial charge in [0.05, 0.1) is 18.3 Å². The average Bonchev–Trinajstić information content (AvgIpc) is 3.22. The molecule has 1 N–H and O–H groups in total. The number of nitrogens with zero attached hydrogens (tertiary/aromatic N) is 3. The SMILES string of the molecule is Cc1noc(C)c1CC(=O)N1CCCC2(CCc3cn[nH]c32)C1. The van der Waals surface area contributed by atoms with Crippen molar-refractivity contribution in [1.82, 2.24) is 20.3 Å². The summed E-state index contributed by atoms with van der Waals surface area (Å²) in [7, 11) is 0. The molecule has 1 fully saturated rings. The second kappa shape index (κ2) is 5.22. The molecule has 23 heavy (non-hydrogen) atoms. The minimum Gasteiger partial charge on any atom is -0.361 e. The number of carbonyl (C=O) groups excluding carboxylic acids is 1. The van der Waals surface area contributed by atoms with Crippen LogP contribution in [0, 0.1) is 13.8 Å². The van der Waals surface area contributed by atoms with E-state index < -0.39 is 0 Å². The second-order valence-electron chi connectivity index (χ2n) is 6.95. The third-order valence-corrected chi connectivity index (χ3v) is 5.56. The number of piperidine rings is 1. The molecule has 2 aromatic rings. The van der Waals surface area contributed by atoms with Crippen LogP contribution in [0.2, 0.25) is 0 Å². The van der Waals surface area contributed by atoms with Crippen molar-refractivity contribution in [3.8, 4) is 0 Å². The van der Waals surface area contributed by atoms with Gasteiger partial charge in [-0.1, -0.05) is 5.16 Å². The summed E-state index contributed by atoms with van der Waals surface area (Å²) in [6, 6.07) is 0. The summed E-state index contributed by atoms with van der Waals surface area (Å²) in [5, 5.41) is 11.3. The van der Waals surface area contributed by atoms with E-state index in [1.807, 2.05) is 24.9 Å². The highest BCUT2D eigenvalue weighted by molar-refractivity contribution is 5.79. The number of likely N-dealkylation sites (tertiary alicyclic amines) is 1. The highest BCUT2D eigenvalue weighted by Gasteiger charge is 2.44. The van der Waals surface area contributed by atoms with E-state index in [1.165, 1.54) is 11.3 Å². The Morgan fingerprint density at radius 3 is 3.09 bits per heavy atom. The van der Waals surface area contributed by atoms with Gasteiger partial charge in [0, 0.05) is 29.8 Å². The number of aryl methyl sites for hydroxylation is 3. The van der Waals surface area contributed by atoms with E-state index in [0.29, 0.717) is 6.42 Å². The molecule has 3 heterocycles. The minimum absolute atomic E-state index is 0.0818. The van der Waals surface area contributed by atoms with Gasteiger partial charge in [0.2, 0.25) is 5.91 Å². The van der Waals surface area contributed by atoms with Gasteiger partial charge in [-0.3, -0.25) is 9.89 Å². The smallest absolute Gasteiger partial charge is 0.227 e. The van der Waals surface area contributed by atoms with Gasteiger partial charge < -0.3 is 9.42 Å². The Kier molecular flexibility index (Phi) is 3.28. The summed E-state index contributed by atoms with van der Waals surface area (Å²) >= 11 is 0. The predicted octanol–water partition coefficient (Wildman–Crippen LogP) is 2.06. The van der Waals surface area contributed by atoms with Crippen LogP contribution in [0.25, 0.3) is 0 Å². The summed E-state index contributed by atoms with van der Waals surface area (Å²) in [6.07, 6.45) is 6.69. The first-order valence-corrected chi connectivity index (χ1v) is 8.31. The fourth-order valence-corrected chi connectivity index (χ4v) is 4.23. The van der Waals surface area contributed by atoms with Crippen molar-refractivity contribution in [2.24, 2.45) is 0 Å². The largest absolute Gasteiger partial charge is 0.361 e. The van der Waals surface area contributed by atoms with E-state index >= 15 is 0 Å². The molecule has 0 aromatic carbocycles. The molecule has 4 rings (SSSR count). The number of hydrogen-bond acceptors (Lipinski definition) is 4. The van der Waals surface area contributed by atoms with Crippen molar-refractivity contribution in [2.45, 2.75) is 51.4 Å². The minimum atomic E-state index is 0.0818. The number of nitrogens with one attached hydrogen (secondary N) is 1. The van der Waals surface area contributed by atoms with Gasteiger partial charge in [-0.05, 0) is 45.1 Å². The molecule has 1 spiro atoms. The molecule has 2 aromatic heterocycles. The molecule has 1 unspecified atom stereocenters. The number of aromatic nitrogens is 3. The molecule has 1 aliphatic heterocycles. The zero-order valence-electron chi connectivity index (χ0n) is 13.7. The summed E-state index contributed by atoms with van der Waals surface area (Å²) in [5.74, 6) is 0.922. The van der Waals surface area contributed by atoms with Crippen molar-refractivity contribution >= 4 is 5.91 Å². The van der Waals surface area contributed by atoms with E-state index in [2.05, 4.69) is 15.4 Å². The molecule has 0 radical (unpaired) electrons. The van der Waals surface area contributed by atoms with E-state index in [0.717, 1.165) is 55.8 Å². The summed E-state index contributed by atoms with van der Waals surface area (Å²) in [5.41, 5.74) is 4.42. The summed E-state index contributed by atoms with van der Waals surface area (Å²) in [6.45, 7) is 5.40. The third-order valence-electron chi connectivity index (χ3n) is 5.56. The Balaban J connectivity index is 1.53. The fraction of sp³-hybridized carbons (Fsp3) is 0.588. The lowest BCUT2D eigenvalue weighted by Gasteiger charge is -2.40. The van der Waals surface area contributed by atoms with E-state index in [4.69, 9.17) is 4.52 Å². The van der Waals surface area contributed by atoms with Gasteiger partial charge in [-0.25, -0.2) is 0 Å². The lowest BCUT2D eigenvalue weighted by molar-refractivity contribution is -0.132. The number of fused-ring (bicyclic) bond motifs is 2. The maximum atomic E-state index is 12.8. The van der Waals surface area contributed by atoms with Gasteiger partial charge in [0.1, 0.15) is 5.76 Å². The third kappa shape index (κ3) is 2.28. The van der Waals surface area contributed by atoms with Crippen molar-refractivity contribution in [2.75, 3.05) is 13.1 Å². The highest BCUT2D eigenvalue weighted by atomic mass is 16.5. The molecular formula is C17H22N4O2. The highest BCUT2D eigenvalue weighted by Crippen LogP contribution is 2.43. The summed E-state index contributed by atoms with van der Waals surface area (Å²) < 4.78 is 5.18. The van der Waals surface area contributed by atoms with Crippen LogP contribution in [0.3, 0.4) is 0 Å². The molecule has 0 saturated carbocycles. The van der Waals surface area contributed by atoms with Crippen molar-refractivity contribution in [3.05, 3.63) is 34.5 Å². The van der Waals surface area contributed by atoms with Crippen molar-refractivity contribution < 1.29 is 9.32 Å². The number of carbonyl (C=O) groups is 1. The lowest BCUT2D eigenvalue weighted by atomic mass is 9.77. The van der Waals surface area contributed by atoms with Crippen LogP contribution < -0.4 is 0 Å². The zero-order chi connectivity index (χ0) is 16.0. The summed E-state index contributed by atoms with van der Waals surface area (Å²) in [4.78, 5) is 14.8. The Bertz CT molecular complexity index is 728. The molecule has 1 aliphatic carbocycles. The maximum absolute atomic E-state index is 12.8. The Labute approximate surface area is 135 Å². The number of aromatic amines is 1. The first kappa shape index (κ1) is 14.5. The number of H-pyrrole nitrogens is 1. The molecule has 122 valence electrons. The number of rotatable bonds is 2. The van der Waals surface area contributed by atoms with Gasteiger partial charge >= 0.3 is 0 Å². The van der Waals surface area contributed by atoms with Crippen LogP contribution in [-0.2, 0) is 23.1 Å². The van der Waals surface area contributed by atoms with E-state index in [-0.39, 0.29) is 11.3 Å². The topological polar surface area (TPSA) is 75.0 Å². The van der Waals surface area contributed by atoms with Crippen LogP contribution >= 0.6 is 0 Å². The van der Waals surface area contributed by atoms with Crippen LogP contribution in [0.5, 0.6) is 0 Å². The Morgan fingerprint density at radius 2 is 2.30 bits per heavy atom. The first-order chi connectivity index (χ1) is 11.1. The molecular weight excluding hydrogens is 292 g/mol. The molecule has 1 atom stereocenters. The zero-order valence-corrected chi connectivity index (χ0v) is 13.7.